The van der Waals surface area contributed by atoms with Gasteiger partial charge < -0.3 is 14.2 Å². The molecule has 0 spiro atoms. The van der Waals surface area contributed by atoms with Gasteiger partial charge in [0.05, 0.1) is 11.8 Å². The quantitative estimate of drug-likeness (QED) is 0.773. The topological polar surface area (TPSA) is 64.1 Å². The Morgan fingerprint density at radius 1 is 1.14 bits per heavy atom. The largest absolute Gasteiger partial charge is 0.469 e. The second kappa shape index (κ2) is 5.83. The Hall–Kier alpha value is -2.56. The van der Waals surface area contributed by atoms with E-state index in [0.717, 1.165) is 23.4 Å². The van der Waals surface area contributed by atoms with Gasteiger partial charge in [0.15, 0.2) is 0 Å². The molecule has 2 aromatic heterocycles. The molecule has 0 bridgehead atoms. The van der Waals surface area contributed by atoms with Crippen LogP contribution in [-0.2, 0) is 6.42 Å². The Kier molecular flexibility index (Phi) is 3.73. The molecule has 0 radical (unpaired) electrons. The van der Waals surface area contributed by atoms with Gasteiger partial charge in [0.2, 0.25) is 11.8 Å². The van der Waals surface area contributed by atoms with Gasteiger partial charge in [-0.15, -0.1) is 10.2 Å². The minimum absolute atomic E-state index is 0.223. The average Bonchev–Trinajstić information content (AvgIpc) is 3.11. The summed E-state index contributed by atoms with van der Waals surface area (Å²) in [6, 6.07) is 12.0. The van der Waals surface area contributed by atoms with Crippen LogP contribution in [0.4, 0.5) is 5.69 Å². The Morgan fingerprint density at radius 3 is 2.71 bits per heavy atom. The Balaban J connectivity index is 1.79. The number of para-hydroxylation sites is 1. The average molecular weight is 283 g/mol. The fraction of sp³-hybridized carbons (Fsp3) is 0.250. The molecule has 1 atom stereocenters. The van der Waals surface area contributed by atoms with E-state index < -0.39 is 0 Å². The van der Waals surface area contributed by atoms with Crippen molar-refractivity contribution in [2.75, 3.05) is 5.32 Å². The van der Waals surface area contributed by atoms with Gasteiger partial charge >= 0.3 is 0 Å². The minimum Gasteiger partial charge on any atom is -0.469 e. The molecule has 0 aliphatic carbocycles. The molecule has 1 unspecified atom stereocenters. The highest BCUT2D eigenvalue weighted by atomic mass is 16.4. The number of anilines is 1. The molecule has 3 rings (SSSR count). The highest BCUT2D eigenvalue weighted by Crippen LogP contribution is 2.27. The first-order valence-corrected chi connectivity index (χ1v) is 6.91. The van der Waals surface area contributed by atoms with Crippen LogP contribution in [0.1, 0.15) is 18.6 Å². The summed E-state index contributed by atoms with van der Waals surface area (Å²) in [7, 11) is 0. The summed E-state index contributed by atoms with van der Waals surface area (Å²) in [6.45, 7) is 3.89. The van der Waals surface area contributed by atoms with Gasteiger partial charge in [-0.1, -0.05) is 12.1 Å². The summed E-state index contributed by atoms with van der Waals surface area (Å²) in [5.74, 6) is 2.05. The summed E-state index contributed by atoms with van der Waals surface area (Å²) >= 11 is 0. The number of aromatic nitrogens is 2. The third-order valence-corrected chi connectivity index (χ3v) is 3.17. The molecule has 0 fully saturated rings. The van der Waals surface area contributed by atoms with Crippen molar-refractivity contribution in [3.8, 4) is 11.5 Å². The van der Waals surface area contributed by atoms with Crippen LogP contribution < -0.4 is 5.32 Å². The lowest BCUT2D eigenvalue weighted by Crippen LogP contribution is -2.18. The van der Waals surface area contributed by atoms with Crippen LogP contribution in [0, 0.1) is 6.92 Å². The molecule has 21 heavy (non-hydrogen) atoms. The van der Waals surface area contributed by atoms with Crippen LogP contribution in [0.15, 0.2) is 51.5 Å². The van der Waals surface area contributed by atoms with Gasteiger partial charge in [-0.25, -0.2) is 0 Å². The van der Waals surface area contributed by atoms with E-state index in [2.05, 4.69) is 22.4 Å². The maximum atomic E-state index is 5.52. The van der Waals surface area contributed by atoms with Crippen molar-refractivity contribution >= 4 is 5.69 Å². The van der Waals surface area contributed by atoms with E-state index in [1.165, 1.54) is 0 Å². The second-order valence-electron chi connectivity index (χ2n) is 5.00. The van der Waals surface area contributed by atoms with Crippen molar-refractivity contribution in [3.05, 3.63) is 54.3 Å². The molecule has 0 amide bonds. The number of rotatable bonds is 5. The van der Waals surface area contributed by atoms with E-state index >= 15 is 0 Å². The van der Waals surface area contributed by atoms with E-state index in [1.807, 2.05) is 36.4 Å². The zero-order valence-electron chi connectivity index (χ0n) is 12.0. The summed E-state index contributed by atoms with van der Waals surface area (Å²) in [4.78, 5) is 0. The van der Waals surface area contributed by atoms with E-state index in [9.17, 15) is 0 Å². The molecule has 1 N–H and O–H groups in total. The lowest BCUT2D eigenvalue weighted by atomic mass is 10.1. The molecule has 0 aliphatic heterocycles. The minimum atomic E-state index is 0.223. The van der Waals surface area contributed by atoms with Crippen LogP contribution in [-0.4, -0.2) is 16.2 Å². The van der Waals surface area contributed by atoms with Crippen molar-refractivity contribution in [1.29, 1.82) is 0 Å². The van der Waals surface area contributed by atoms with Gasteiger partial charge in [0.25, 0.3) is 0 Å². The maximum absolute atomic E-state index is 5.52. The van der Waals surface area contributed by atoms with Crippen molar-refractivity contribution in [3.63, 3.8) is 0 Å². The molecule has 3 aromatic rings. The van der Waals surface area contributed by atoms with E-state index in [-0.39, 0.29) is 6.04 Å². The summed E-state index contributed by atoms with van der Waals surface area (Å²) in [5, 5.41) is 11.4. The van der Waals surface area contributed by atoms with Gasteiger partial charge in [0, 0.05) is 25.1 Å². The molecular weight excluding hydrogens is 266 g/mol. The standard InChI is InChI=1S/C16H17N3O2/c1-11(10-13-6-5-9-20-13)17-15-8-4-3-7-14(15)16-19-18-12(2)21-16/h3-9,11,17H,10H2,1-2H3. The lowest BCUT2D eigenvalue weighted by molar-refractivity contribution is 0.497. The normalized spacial score (nSPS) is 12.3. The van der Waals surface area contributed by atoms with Crippen LogP contribution >= 0.6 is 0 Å². The number of nitrogens with zero attached hydrogens (tertiary/aromatic N) is 2. The summed E-state index contributed by atoms with van der Waals surface area (Å²) in [5.41, 5.74) is 1.88. The number of hydrogen-bond acceptors (Lipinski definition) is 5. The molecule has 0 saturated carbocycles. The van der Waals surface area contributed by atoms with E-state index in [4.69, 9.17) is 8.83 Å². The predicted molar refractivity (Wildman–Crippen MR) is 80.0 cm³/mol. The summed E-state index contributed by atoms with van der Waals surface area (Å²) < 4.78 is 10.9. The van der Waals surface area contributed by atoms with Crippen molar-refractivity contribution in [2.24, 2.45) is 0 Å². The first kappa shape index (κ1) is 13.4. The predicted octanol–water partition coefficient (Wildman–Crippen LogP) is 3.68. The Bertz CT molecular complexity index is 704. The lowest BCUT2D eigenvalue weighted by Gasteiger charge is -2.16. The first-order chi connectivity index (χ1) is 10.2. The van der Waals surface area contributed by atoms with Crippen molar-refractivity contribution < 1.29 is 8.83 Å². The smallest absolute Gasteiger partial charge is 0.249 e. The molecular formula is C16H17N3O2. The summed E-state index contributed by atoms with van der Waals surface area (Å²) in [6.07, 6.45) is 2.50. The molecule has 108 valence electrons. The zero-order valence-corrected chi connectivity index (χ0v) is 12.0. The van der Waals surface area contributed by atoms with Gasteiger partial charge in [0.1, 0.15) is 5.76 Å². The third kappa shape index (κ3) is 3.13. The van der Waals surface area contributed by atoms with Crippen LogP contribution in [0.25, 0.3) is 11.5 Å². The van der Waals surface area contributed by atoms with E-state index in [1.54, 1.807) is 13.2 Å². The molecule has 0 saturated heterocycles. The van der Waals surface area contributed by atoms with Gasteiger partial charge in [-0.05, 0) is 31.2 Å². The highest BCUT2D eigenvalue weighted by Gasteiger charge is 2.13. The fourth-order valence-corrected chi connectivity index (χ4v) is 2.25. The number of furan rings is 1. The maximum Gasteiger partial charge on any atom is 0.249 e. The monoisotopic (exact) mass is 283 g/mol. The Morgan fingerprint density at radius 2 is 2.00 bits per heavy atom. The van der Waals surface area contributed by atoms with Gasteiger partial charge in [-0.2, -0.15) is 0 Å². The molecule has 2 heterocycles. The number of hydrogen-bond donors (Lipinski definition) is 1. The Labute approximate surface area is 123 Å². The second-order valence-corrected chi connectivity index (χ2v) is 5.00. The first-order valence-electron chi connectivity index (χ1n) is 6.91. The highest BCUT2D eigenvalue weighted by molar-refractivity contribution is 5.72. The van der Waals surface area contributed by atoms with Crippen LogP contribution in [0.2, 0.25) is 0 Å². The zero-order chi connectivity index (χ0) is 14.7. The van der Waals surface area contributed by atoms with Crippen LogP contribution in [0.3, 0.4) is 0 Å². The third-order valence-electron chi connectivity index (χ3n) is 3.17. The molecule has 5 heteroatoms. The molecule has 0 aliphatic rings. The number of aryl methyl sites for hydroxylation is 1. The SMILES string of the molecule is Cc1nnc(-c2ccccc2NC(C)Cc2ccco2)o1. The number of nitrogens with one attached hydrogen (secondary N) is 1. The molecule has 5 nitrogen and oxygen atoms in total. The van der Waals surface area contributed by atoms with Crippen molar-refractivity contribution in [1.82, 2.24) is 10.2 Å². The van der Waals surface area contributed by atoms with Crippen LogP contribution in [0.5, 0.6) is 0 Å². The fourth-order valence-electron chi connectivity index (χ4n) is 2.25. The molecule has 1 aromatic carbocycles. The van der Waals surface area contributed by atoms with Gasteiger partial charge in [-0.3, -0.25) is 0 Å². The van der Waals surface area contributed by atoms with Crippen molar-refractivity contribution in [2.45, 2.75) is 26.3 Å². The van der Waals surface area contributed by atoms with E-state index in [0.29, 0.717) is 11.8 Å². The number of benzene rings is 1.